The molecule has 49 heavy (non-hydrogen) atoms. The van der Waals surface area contributed by atoms with Crippen molar-refractivity contribution in [1.82, 2.24) is 0 Å². The molecule has 0 atom stereocenters. The third kappa shape index (κ3) is 13.9. The first kappa shape index (κ1) is 36.1. The molecule has 0 spiro atoms. The first-order chi connectivity index (χ1) is 24.0. The molecule has 0 saturated carbocycles. The fraction of sp³-hybridized carbons (Fsp3) is 0.220. The Morgan fingerprint density at radius 2 is 0.878 bits per heavy atom. The van der Waals surface area contributed by atoms with Gasteiger partial charge in [0.05, 0.1) is 37.8 Å². The van der Waals surface area contributed by atoms with Crippen LogP contribution in [0.3, 0.4) is 0 Å². The van der Waals surface area contributed by atoms with E-state index in [1.54, 1.807) is 0 Å². The summed E-state index contributed by atoms with van der Waals surface area (Å²) in [6.45, 7) is 8.59. The van der Waals surface area contributed by atoms with Crippen LogP contribution in [0, 0.1) is 0 Å². The molecule has 8 heteroatoms. The van der Waals surface area contributed by atoms with Crippen LogP contribution in [0.5, 0.6) is 11.5 Å². The van der Waals surface area contributed by atoms with Gasteiger partial charge in [-0.3, -0.25) is 9.98 Å². The van der Waals surface area contributed by atoms with E-state index in [2.05, 4.69) is 47.4 Å². The van der Waals surface area contributed by atoms with E-state index in [0.29, 0.717) is 26.4 Å². The zero-order valence-electron chi connectivity index (χ0n) is 27.7. The molecule has 0 aliphatic rings. The predicted molar refractivity (Wildman–Crippen MR) is 195 cm³/mol. The molecule has 4 aromatic carbocycles. The van der Waals surface area contributed by atoms with Crippen molar-refractivity contribution in [2.75, 3.05) is 26.4 Å². The van der Waals surface area contributed by atoms with Crippen molar-refractivity contribution >= 4 is 35.7 Å². The molecule has 0 heterocycles. The zero-order valence-corrected chi connectivity index (χ0v) is 27.7. The van der Waals surface area contributed by atoms with Crippen molar-refractivity contribution < 1.29 is 28.5 Å². The van der Waals surface area contributed by atoms with E-state index in [1.165, 1.54) is 11.1 Å². The Hall–Kier alpha value is -5.76. The summed E-state index contributed by atoms with van der Waals surface area (Å²) in [7, 11) is 0. The van der Waals surface area contributed by atoms with Crippen molar-refractivity contribution in [3.05, 3.63) is 145 Å². The van der Waals surface area contributed by atoms with Crippen molar-refractivity contribution in [3.63, 3.8) is 0 Å². The van der Waals surface area contributed by atoms with Gasteiger partial charge in [-0.2, -0.15) is 0 Å². The predicted octanol–water partition coefficient (Wildman–Crippen LogP) is 8.56. The maximum absolute atomic E-state index is 11.0. The van der Waals surface area contributed by atoms with Crippen LogP contribution in [-0.4, -0.2) is 50.8 Å². The molecular weight excluding hydrogens is 616 g/mol. The molecule has 0 unspecified atom stereocenters. The quantitative estimate of drug-likeness (QED) is 0.0409. The number of carbonyl (C=O) groups excluding carboxylic acids is 2. The van der Waals surface area contributed by atoms with E-state index in [0.717, 1.165) is 78.3 Å². The highest BCUT2D eigenvalue weighted by molar-refractivity contribution is 5.83. The first-order valence-electron chi connectivity index (χ1n) is 16.3. The van der Waals surface area contributed by atoms with Gasteiger partial charge in [0.15, 0.2) is 0 Å². The number of ether oxygens (including phenoxy) is 4. The van der Waals surface area contributed by atoms with Crippen molar-refractivity contribution in [2.24, 2.45) is 9.98 Å². The second-order valence-corrected chi connectivity index (χ2v) is 11.0. The standard InChI is InChI=1S/C41H42N2O6/c1-3-40(44)48-27-7-5-25-46-38-21-13-34(14-22-38)30-42-36-17-9-32(10-18-36)29-33-11-19-37(20-12-33)43-31-35-15-23-39(24-16-35)47-26-6-8-28-49-41(45)4-2/h3-4,9-24,30-31H,1-2,5-8,25-29H2. The Labute approximate surface area is 288 Å². The maximum atomic E-state index is 11.0. The van der Waals surface area contributed by atoms with Gasteiger partial charge in [0, 0.05) is 24.6 Å². The summed E-state index contributed by atoms with van der Waals surface area (Å²) in [5.41, 5.74) is 6.14. The molecule has 0 saturated heterocycles. The summed E-state index contributed by atoms with van der Waals surface area (Å²) in [6.07, 6.45) is 9.88. The lowest BCUT2D eigenvalue weighted by atomic mass is 10.0. The molecule has 0 N–H and O–H groups in total. The van der Waals surface area contributed by atoms with E-state index < -0.39 is 11.9 Å². The molecule has 0 radical (unpaired) electrons. The topological polar surface area (TPSA) is 95.8 Å². The van der Waals surface area contributed by atoms with Crippen molar-refractivity contribution in [1.29, 1.82) is 0 Å². The van der Waals surface area contributed by atoms with Crippen LogP contribution in [0.2, 0.25) is 0 Å². The monoisotopic (exact) mass is 658 g/mol. The zero-order chi connectivity index (χ0) is 34.5. The lowest BCUT2D eigenvalue weighted by Crippen LogP contribution is -2.04. The Morgan fingerprint density at radius 3 is 1.24 bits per heavy atom. The number of benzene rings is 4. The molecule has 4 rings (SSSR count). The Balaban J connectivity index is 1.15. The number of rotatable bonds is 20. The molecule has 0 aliphatic carbocycles. The SMILES string of the molecule is C=CC(=O)OCCCCOc1ccc(C=Nc2ccc(Cc3ccc(N=Cc4ccc(OCCCCOC(=O)C=C)cc4)cc3)cc2)cc1. The largest absolute Gasteiger partial charge is 0.494 e. The van der Waals surface area contributed by atoms with E-state index in [1.807, 2.05) is 85.2 Å². The van der Waals surface area contributed by atoms with Crippen LogP contribution in [0.25, 0.3) is 0 Å². The smallest absolute Gasteiger partial charge is 0.330 e. The van der Waals surface area contributed by atoms with Gasteiger partial charge >= 0.3 is 11.9 Å². The van der Waals surface area contributed by atoms with Gasteiger partial charge in [0.2, 0.25) is 0 Å². The Morgan fingerprint density at radius 1 is 0.510 bits per heavy atom. The van der Waals surface area contributed by atoms with Crippen molar-refractivity contribution in [2.45, 2.75) is 32.1 Å². The van der Waals surface area contributed by atoms with E-state index in [-0.39, 0.29) is 0 Å². The summed E-state index contributed by atoms with van der Waals surface area (Å²) in [6, 6.07) is 32.1. The third-order valence-corrected chi connectivity index (χ3v) is 7.20. The lowest BCUT2D eigenvalue weighted by molar-refractivity contribution is -0.138. The summed E-state index contributed by atoms with van der Waals surface area (Å²) in [5.74, 6) is 0.777. The van der Waals surface area contributed by atoms with Crippen LogP contribution in [0.1, 0.15) is 47.9 Å². The van der Waals surface area contributed by atoms with Crippen molar-refractivity contribution in [3.8, 4) is 11.5 Å². The third-order valence-electron chi connectivity index (χ3n) is 7.20. The summed E-state index contributed by atoms with van der Waals surface area (Å²) < 4.78 is 21.4. The van der Waals surface area contributed by atoms with Gasteiger partial charge in [0.1, 0.15) is 11.5 Å². The van der Waals surface area contributed by atoms with E-state index >= 15 is 0 Å². The number of esters is 2. The minimum atomic E-state index is -0.400. The average molecular weight is 659 g/mol. The molecule has 0 aromatic heterocycles. The molecule has 4 aromatic rings. The van der Waals surface area contributed by atoms with Gasteiger partial charge in [-0.1, -0.05) is 37.4 Å². The van der Waals surface area contributed by atoms with Gasteiger partial charge < -0.3 is 18.9 Å². The first-order valence-corrected chi connectivity index (χ1v) is 16.3. The van der Waals surface area contributed by atoms with Gasteiger partial charge in [0.25, 0.3) is 0 Å². The number of nitrogens with zero attached hydrogens (tertiary/aromatic N) is 2. The fourth-order valence-electron chi connectivity index (χ4n) is 4.49. The minimum absolute atomic E-state index is 0.367. The summed E-state index contributed by atoms with van der Waals surface area (Å²) in [5, 5.41) is 0. The summed E-state index contributed by atoms with van der Waals surface area (Å²) in [4.78, 5) is 31.3. The maximum Gasteiger partial charge on any atom is 0.330 e. The number of aliphatic imine (C=N–C) groups is 2. The number of unbranched alkanes of at least 4 members (excludes halogenated alkanes) is 2. The van der Waals surface area contributed by atoms with E-state index in [9.17, 15) is 9.59 Å². The Bertz CT molecular complexity index is 1550. The van der Waals surface area contributed by atoms with Crippen LogP contribution >= 0.6 is 0 Å². The van der Waals surface area contributed by atoms with Crippen LogP contribution in [0.4, 0.5) is 11.4 Å². The highest BCUT2D eigenvalue weighted by Crippen LogP contribution is 2.20. The number of hydrogen-bond donors (Lipinski definition) is 0. The molecule has 8 nitrogen and oxygen atoms in total. The number of carbonyl (C=O) groups is 2. The van der Waals surface area contributed by atoms with Crippen LogP contribution < -0.4 is 9.47 Å². The highest BCUT2D eigenvalue weighted by Gasteiger charge is 2.01. The Kier molecular flexibility index (Phi) is 15.1. The molecule has 0 aliphatic heterocycles. The lowest BCUT2D eigenvalue weighted by Gasteiger charge is -2.06. The normalized spacial score (nSPS) is 10.9. The average Bonchev–Trinajstić information content (AvgIpc) is 3.14. The van der Waals surface area contributed by atoms with Gasteiger partial charge in [-0.05, 0) is 127 Å². The minimum Gasteiger partial charge on any atom is -0.494 e. The van der Waals surface area contributed by atoms with E-state index in [4.69, 9.17) is 18.9 Å². The van der Waals surface area contributed by atoms with Gasteiger partial charge in [-0.15, -0.1) is 0 Å². The number of hydrogen-bond acceptors (Lipinski definition) is 8. The summed E-state index contributed by atoms with van der Waals surface area (Å²) >= 11 is 0. The van der Waals surface area contributed by atoms with Gasteiger partial charge in [-0.25, -0.2) is 9.59 Å². The molecule has 0 bridgehead atoms. The molecule has 0 fully saturated rings. The molecule has 252 valence electrons. The molecule has 0 amide bonds. The molecular formula is C41H42N2O6. The highest BCUT2D eigenvalue weighted by atomic mass is 16.5. The second kappa shape index (κ2) is 20.5. The van der Waals surface area contributed by atoms with Crippen LogP contribution in [-0.2, 0) is 25.5 Å². The second-order valence-electron chi connectivity index (χ2n) is 11.0. The fourth-order valence-corrected chi connectivity index (χ4v) is 4.49. The van der Waals surface area contributed by atoms with Crippen LogP contribution in [0.15, 0.2) is 132 Å².